The maximum atomic E-state index is 12.7. The van der Waals surface area contributed by atoms with E-state index in [4.69, 9.17) is 16.3 Å². The average molecular weight is 389 g/mol. The van der Waals surface area contributed by atoms with Crippen LogP contribution >= 0.6 is 38.9 Å². The van der Waals surface area contributed by atoms with Crippen molar-refractivity contribution in [1.29, 1.82) is 0 Å². The molecular formula is C11H15BrClNO3S2. The number of halogens is 2. The van der Waals surface area contributed by atoms with Crippen molar-refractivity contribution in [3.8, 4) is 0 Å². The van der Waals surface area contributed by atoms with Crippen molar-refractivity contribution < 1.29 is 13.2 Å². The van der Waals surface area contributed by atoms with Gasteiger partial charge >= 0.3 is 0 Å². The van der Waals surface area contributed by atoms with Crippen molar-refractivity contribution >= 4 is 48.9 Å². The Morgan fingerprint density at radius 1 is 1.58 bits per heavy atom. The molecule has 0 saturated heterocycles. The van der Waals surface area contributed by atoms with Crippen LogP contribution in [0.1, 0.15) is 17.7 Å². The predicted octanol–water partition coefficient (Wildman–Crippen LogP) is 3.05. The summed E-state index contributed by atoms with van der Waals surface area (Å²) in [5.41, 5.74) is 0. The Balaban J connectivity index is 2.30. The lowest BCUT2D eigenvalue weighted by atomic mass is 10.5. The molecule has 0 atom stereocenters. The van der Waals surface area contributed by atoms with Crippen LogP contribution in [0.3, 0.4) is 0 Å². The summed E-state index contributed by atoms with van der Waals surface area (Å²) >= 11 is 10.4. The quantitative estimate of drug-likeness (QED) is 0.674. The first-order valence-electron chi connectivity index (χ1n) is 5.85. The molecule has 0 spiro atoms. The third kappa shape index (κ3) is 3.51. The Morgan fingerprint density at radius 3 is 2.74 bits per heavy atom. The fraction of sp³-hybridized carbons (Fsp3) is 0.636. The van der Waals surface area contributed by atoms with E-state index in [0.29, 0.717) is 27.7 Å². The lowest BCUT2D eigenvalue weighted by Crippen LogP contribution is -2.35. The lowest BCUT2D eigenvalue weighted by Gasteiger charge is -2.21. The van der Waals surface area contributed by atoms with Crippen LogP contribution in [0.15, 0.2) is 14.7 Å². The van der Waals surface area contributed by atoms with Crippen LogP contribution in [0.2, 0.25) is 0 Å². The number of nitrogens with zero attached hydrogens (tertiary/aromatic N) is 1. The van der Waals surface area contributed by atoms with Crippen LogP contribution in [0.5, 0.6) is 0 Å². The number of sulfonamides is 1. The molecule has 4 nitrogen and oxygen atoms in total. The number of methoxy groups -OCH3 is 1. The summed E-state index contributed by atoms with van der Waals surface area (Å²) in [7, 11) is -1.90. The third-order valence-corrected chi connectivity index (χ3v) is 7.55. The van der Waals surface area contributed by atoms with Crippen molar-refractivity contribution in [2.75, 3.05) is 20.3 Å². The maximum absolute atomic E-state index is 12.7. The van der Waals surface area contributed by atoms with Crippen molar-refractivity contribution in [3.05, 3.63) is 14.7 Å². The van der Waals surface area contributed by atoms with Crippen molar-refractivity contribution in [2.45, 2.75) is 29.7 Å². The first-order valence-corrected chi connectivity index (χ1v) is 9.44. The highest BCUT2D eigenvalue weighted by atomic mass is 79.9. The second-order valence-electron chi connectivity index (χ2n) is 4.32. The first-order chi connectivity index (χ1) is 9.00. The van der Waals surface area contributed by atoms with E-state index < -0.39 is 10.0 Å². The van der Waals surface area contributed by atoms with E-state index in [2.05, 4.69) is 15.9 Å². The Hall–Kier alpha value is 0.340. The summed E-state index contributed by atoms with van der Waals surface area (Å²) in [4.78, 5) is 1.16. The van der Waals surface area contributed by atoms with Gasteiger partial charge in [-0.1, -0.05) is 0 Å². The van der Waals surface area contributed by atoms with Gasteiger partial charge in [-0.2, -0.15) is 4.31 Å². The van der Waals surface area contributed by atoms with E-state index in [0.717, 1.165) is 17.7 Å². The van der Waals surface area contributed by atoms with Gasteiger partial charge in [0.1, 0.15) is 4.90 Å². The molecule has 0 amide bonds. The van der Waals surface area contributed by atoms with Crippen LogP contribution in [-0.4, -0.2) is 39.0 Å². The Bertz CT molecular complexity index is 542. The van der Waals surface area contributed by atoms with Crippen molar-refractivity contribution in [3.63, 3.8) is 0 Å². The van der Waals surface area contributed by atoms with Crippen molar-refractivity contribution in [2.24, 2.45) is 0 Å². The van der Waals surface area contributed by atoms with E-state index >= 15 is 0 Å². The molecule has 0 aliphatic heterocycles. The second-order valence-corrected chi connectivity index (χ2v) is 8.90. The van der Waals surface area contributed by atoms with Crippen molar-refractivity contribution in [1.82, 2.24) is 4.31 Å². The number of ether oxygens (including phenoxy) is 1. The Labute approximate surface area is 130 Å². The highest BCUT2D eigenvalue weighted by Crippen LogP contribution is 2.38. The van der Waals surface area contributed by atoms with Crippen LogP contribution in [0.25, 0.3) is 0 Å². The smallest absolute Gasteiger partial charge is 0.245 e. The molecule has 2 rings (SSSR count). The number of alkyl halides is 1. The highest BCUT2D eigenvalue weighted by Gasteiger charge is 2.39. The molecule has 108 valence electrons. The lowest BCUT2D eigenvalue weighted by molar-refractivity contribution is 0.177. The minimum absolute atomic E-state index is 0.117. The van der Waals surface area contributed by atoms with E-state index in [1.54, 1.807) is 17.5 Å². The van der Waals surface area contributed by atoms with Crippen LogP contribution in [0, 0.1) is 0 Å². The SMILES string of the molecule is COCCN(C1CC1)S(=O)(=O)c1cc(CCl)sc1Br. The molecule has 1 aromatic rings. The standard InChI is InChI=1S/C11H15BrClNO3S2/c1-17-5-4-14(8-2-3-8)19(15,16)10-6-9(7-13)18-11(10)12/h6,8H,2-5,7H2,1H3. The summed E-state index contributed by atoms with van der Waals surface area (Å²) < 4.78 is 32.5. The van der Waals surface area contributed by atoms with Crippen LogP contribution in [-0.2, 0) is 20.6 Å². The minimum Gasteiger partial charge on any atom is -0.383 e. The topological polar surface area (TPSA) is 46.6 Å². The summed E-state index contributed by atoms with van der Waals surface area (Å²) in [5, 5.41) is 0. The fourth-order valence-corrected chi connectivity index (χ4v) is 6.20. The van der Waals surface area contributed by atoms with Gasteiger partial charge < -0.3 is 4.74 Å². The molecule has 1 saturated carbocycles. The average Bonchev–Trinajstić information content (AvgIpc) is 3.11. The molecule has 1 aromatic heterocycles. The Morgan fingerprint density at radius 2 is 2.26 bits per heavy atom. The van der Waals surface area contributed by atoms with Crippen LogP contribution < -0.4 is 0 Å². The number of hydrogen-bond donors (Lipinski definition) is 0. The summed E-state index contributed by atoms with van der Waals surface area (Å²) in [5.74, 6) is 0.320. The normalized spacial score (nSPS) is 16.2. The molecule has 1 aliphatic rings. The maximum Gasteiger partial charge on any atom is 0.245 e. The van der Waals surface area contributed by atoms with Gasteiger partial charge in [0.15, 0.2) is 0 Å². The molecule has 0 aromatic carbocycles. The van der Waals surface area contributed by atoms with E-state index in [9.17, 15) is 8.42 Å². The van der Waals surface area contributed by atoms with Gasteiger partial charge in [-0.25, -0.2) is 8.42 Å². The fourth-order valence-electron chi connectivity index (χ4n) is 1.81. The Kier molecular flexibility index (Phi) is 5.30. The molecule has 19 heavy (non-hydrogen) atoms. The monoisotopic (exact) mass is 387 g/mol. The van der Waals surface area contributed by atoms with Gasteiger partial charge in [0.2, 0.25) is 10.0 Å². The molecule has 1 heterocycles. The van der Waals surface area contributed by atoms with Gasteiger partial charge in [-0.05, 0) is 34.8 Å². The third-order valence-electron chi connectivity index (χ3n) is 2.89. The first kappa shape index (κ1) is 15.7. The second kappa shape index (κ2) is 6.41. The zero-order valence-corrected chi connectivity index (χ0v) is 14.4. The van der Waals surface area contributed by atoms with E-state index in [1.807, 2.05) is 0 Å². The molecule has 0 unspecified atom stereocenters. The largest absolute Gasteiger partial charge is 0.383 e. The molecular weight excluding hydrogens is 374 g/mol. The number of thiophene rings is 1. The summed E-state index contributed by atoms with van der Waals surface area (Å²) in [6.45, 7) is 0.793. The van der Waals surface area contributed by atoms with Gasteiger partial charge in [0, 0.05) is 24.6 Å². The van der Waals surface area contributed by atoms with Gasteiger partial charge in [0.25, 0.3) is 0 Å². The summed E-state index contributed by atoms with van der Waals surface area (Å²) in [6, 6.07) is 1.77. The zero-order chi connectivity index (χ0) is 14.0. The molecule has 1 aliphatic carbocycles. The van der Waals surface area contributed by atoms with E-state index in [1.165, 1.54) is 11.3 Å². The van der Waals surface area contributed by atoms with Crippen LogP contribution in [0.4, 0.5) is 0 Å². The molecule has 1 fully saturated rings. The van der Waals surface area contributed by atoms with E-state index in [-0.39, 0.29) is 6.04 Å². The number of hydrogen-bond acceptors (Lipinski definition) is 4. The summed E-state index contributed by atoms with van der Waals surface area (Å²) in [6.07, 6.45) is 1.85. The molecule has 8 heteroatoms. The van der Waals surface area contributed by atoms with Gasteiger partial charge in [-0.3, -0.25) is 0 Å². The van der Waals surface area contributed by atoms with Gasteiger partial charge in [-0.15, -0.1) is 22.9 Å². The van der Waals surface area contributed by atoms with Gasteiger partial charge in [0.05, 0.1) is 16.3 Å². The molecule has 0 bridgehead atoms. The number of rotatable bonds is 7. The predicted molar refractivity (Wildman–Crippen MR) is 80.4 cm³/mol. The molecule has 0 radical (unpaired) electrons. The zero-order valence-electron chi connectivity index (χ0n) is 10.4. The molecule has 0 N–H and O–H groups in total. The minimum atomic E-state index is -3.47. The highest BCUT2D eigenvalue weighted by molar-refractivity contribution is 9.11.